The molecule has 0 aromatic heterocycles. The van der Waals surface area contributed by atoms with Gasteiger partial charge in [-0.05, 0) is 44.0 Å². The maximum atomic E-state index is 13.5. The van der Waals surface area contributed by atoms with Crippen LogP contribution in [0.4, 0.5) is 8.78 Å². The van der Waals surface area contributed by atoms with Crippen LogP contribution in [0.1, 0.15) is 30.9 Å². The molecule has 0 saturated carbocycles. The molecule has 0 amide bonds. The third-order valence-corrected chi connectivity index (χ3v) is 5.17. The summed E-state index contributed by atoms with van der Waals surface area (Å²) in [5.41, 5.74) is 6.71. The Morgan fingerprint density at radius 2 is 1.95 bits per heavy atom. The molecule has 2 heterocycles. The van der Waals surface area contributed by atoms with Crippen molar-refractivity contribution in [2.45, 2.75) is 37.4 Å². The first-order valence-corrected chi connectivity index (χ1v) is 7.71. The van der Waals surface area contributed by atoms with Gasteiger partial charge in [0.2, 0.25) is 0 Å². The fourth-order valence-electron chi connectivity index (χ4n) is 3.83. The molecular formula is C16H23F2N3. The third-order valence-electron chi connectivity index (χ3n) is 5.17. The highest BCUT2D eigenvalue weighted by atomic mass is 19.2. The van der Waals surface area contributed by atoms with Gasteiger partial charge in [-0.3, -0.25) is 9.80 Å². The van der Waals surface area contributed by atoms with E-state index >= 15 is 0 Å². The summed E-state index contributed by atoms with van der Waals surface area (Å²) in [4.78, 5) is 4.81. The van der Waals surface area contributed by atoms with Crippen molar-refractivity contribution in [2.75, 3.05) is 26.7 Å². The van der Waals surface area contributed by atoms with Gasteiger partial charge in [-0.2, -0.15) is 0 Å². The molecule has 0 spiro atoms. The molecule has 2 bridgehead atoms. The number of fused-ring (bicyclic) bond motifs is 2. The van der Waals surface area contributed by atoms with E-state index < -0.39 is 11.6 Å². The predicted molar refractivity (Wildman–Crippen MR) is 78.9 cm³/mol. The molecule has 2 aliphatic heterocycles. The highest BCUT2D eigenvalue weighted by Crippen LogP contribution is 2.32. The van der Waals surface area contributed by atoms with Crippen molar-refractivity contribution in [2.24, 2.45) is 5.73 Å². The average molecular weight is 295 g/mol. The van der Waals surface area contributed by atoms with Gasteiger partial charge in [0.15, 0.2) is 11.6 Å². The number of benzene rings is 1. The predicted octanol–water partition coefficient (Wildman–Crippen LogP) is 2.13. The van der Waals surface area contributed by atoms with Crippen LogP contribution in [0.25, 0.3) is 0 Å². The third kappa shape index (κ3) is 2.82. The summed E-state index contributed by atoms with van der Waals surface area (Å²) in [5, 5.41) is 0. The summed E-state index contributed by atoms with van der Waals surface area (Å²) in [6.45, 7) is 2.34. The Morgan fingerprint density at radius 1 is 1.19 bits per heavy atom. The molecule has 0 radical (unpaired) electrons. The van der Waals surface area contributed by atoms with E-state index in [0.29, 0.717) is 18.6 Å². The lowest BCUT2D eigenvalue weighted by atomic mass is 10.0. The molecule has 1 aromatic rings. The van der Waals surface area contributed by atoms with E-state index in [-0.39, 0.29) is 6.04 Å². The number of likely N-dealkylation sites (N-methyl/N-ethyl adjacent to an activating group) is 1. The Morgan fingerprint density at radius 3 is 2.67 bits per heavy atom. The minimum absolute atomic E-state index is 0.0344. The second-order valence-electron chi connectivity index (χ2n) is 6.26. The molecule has 3 atom stereocenters. The number of nitrogens with two attached hydrogens (primary N) is 1. The van der Waals surface area contributed by atoms with Crippen molar-refractivity contribution in [3.8, 4) is 0 Å². The summed E-state index contributed by atoms with van der Waals surface area (Å²) in [7, 11) is 2.20. The number of hydrogen-bond acceptors (Lipinski definition) is 3. The molecule has 21 heavy (non-hydrogen) atoms. The largest absolute Gasteiger partial charge is 0.329 e. The second kappa shape index (κ2) is 5.99. The average Bonchev–Trinajstić information content (AvgIpc) is 2.70. The number of rotatable bonds is 3. The summed E-state index contributed by atoms with van der Waals surface area (Å²) in [6.07, 6.45) is 3.60. The van der Waals surface area contributed by atoms with Crippen LogP contribution in [-0.2, 0) is 0 Å². The minimum atomic E-state index is -0.802. The highest BCUT2D eigenvalue weighted by molar-refractivity contribution is 5.22. The Bertz CT molecular complexity index is 508. The Labute approximate surface area is 124 Å². The maximum Gasteiger partial charge on any atom is 0.159 e. The van der Waals surface area contributed by atoms with E-state index in [4.69, 9.17) is 5.73 Å². The van der Waals surface area contributed by atoms with Crippen molar-refractivity contribution >= 4 is 0 Å². The van der Waals surface area contributed by atoms with Crippen LogP contribution in [0.2, 0.25) is 0 Å². The summed E-state index contributed by atoms with van der Waals surface area (Å²) >= 11 is 0. The minimum Gasteiger partial charge on any atom is -0.329 e. The quantitative estimate of drug-likeness (QED) is 0.927. The van der Waals surface area contributed by atoms with E-state index in [9.17, 15) is 8.78 Å². The number of hydrogen-bond donors (Lipinski definition) is 1. The molecule has 0 aliphatic carbocycles. The molecule has 1 aromatic carbocycles. The maximum absolute atomic E-state index is 13.5. The molecule has 2 saturated heterocycles. The lowest BCUT2D eigenvalue weighted by Crippen LogP contribution is -2.40. The standard InChI is InChI=1S/C16H23F2N3/c1-20-12-3-4-13(20)10-21(7-6-12)16(9-19)11-2-5-14(17)15(18)8-11/h2,5,8,12-13,16H,3-4,6-7,9-10,19H2,1H3. The van der Waals surface area contributed by atoms with Crippen LogP contribution >= 0.6 is 0 Å². The molecule has 3 unspecified atom stereocenters. The zero-order valence-electron chi connectivity index (χ0n) is 12.4. The van der Waals surface area contributed by atoms with Crippen LogP contribution in [-0.4, -0.2) is 48.6 Å². The first kappa shape index (κ1) is 14.9. The smallest absolute Gasteiger partial charge is 0.159 e. The van der Waals surface area contributed by atoms with Gasteiger partial charge in [0.1, 0.15) is 0 Å². The van der Waals surface area contributed by atoms with Gasteiger partial charge in [-0.15, -0.1) is 0 Å². The highest BCUT2D eigenvalue weighted by Gasteiger charge is 2.36. The van der Waals surface area contributed by atoms with Crippen LogP contribution in [0, 0.1) is 11.6 Å². The van der Waals surface area contributed by atoms with Crippen molar-refractivity contribution in [3.63, 3.8) is 0 Å². The van der Waals surface area contributed by atoms with Crippen molar-refractivity contribution in [1.82, 2.24) is 9.80 Å². The summed E-state index contributed by atoms with van der Waals surface area (Å²) in [6, 6.07) is 5.32. The van der Waals surface area contributed by atoms with Gasteiger partial charge in [0.25, 0.3) is 0 Å². The molecule has 2 fully saturated rings. The van der Waals surface area contributed by atoms with Crippen molar-refractivity contribution in [3.05, 3.63) is 35.4 Å². The first-order chi connectivity index (χ1) is 10.1. The van der Waals surface area contributed by atoms with Crippen LogP contribution in [0.15, 0.2) is 18.2 Å². The molecular weight excluding hydrogens is 272 g/mol. The van der Waals surface area contributed by atoms with Gasteiger partial charge >= 0.3 is 0 Å². The number of likely N-dealkylation sites (tertiary alicyclic amines) is 1. The van der Waals surface area contributed by atoms with Crippen LogP contribution in [0.3, 0.4) is 0 Å². The van der Waals surface area contributed by atoms with E-state index in [1.165, 1.54) is 25.0 Å². The second-order valence-corrected chi connectivity index (χ2v) is 6.26. The zero-order chi connectivity index (χ0) is 15.0. The van der Waals surface area contributed by atoms with Crippen LogP contribution < -0.4 is 5.73 Å². The summed E-state index contributed by atoms with van der Waals surface area (Å²) in [5.74, 6) is -1.59. The van der Waals surface area contributed by atoms with Gasteiger partial charge in [-0.1, -0.05) is 6.07 Å². The van der Waals surface area contributed by atoms with Crippen molar-refractivity contribution in [1.29, 1.82) is 0 Å². The fourth-order valence-corrected chi connectivity index (χ4v) is 3.83. The van der Waals surface area contributed by atoms with Gasteiger partial charge in [0.05, 0.1) is 0 Å². The SMILES string of the molecule is CN1C2CCC1CN(C(CN)c1ccc(F)c(F)c1)CC2. The van der Waals surface area contributed by atoms with E-state index in [0.717, 1.165) is 25.1 Å². The Balaban J connectivity index is 1.81. The fraction of sp³-hybridized carbons (Fsp3) is 0.625. The molecule has 3 nitrogen and oxygen atoms in total. The molecule has 5 heteroatoms. The van der Waals surface area contributed by atoms with Crippen LogP contribution in [0.5, 0.6) is 0 Å². The normalized spacial score (nSPS) is 28.6. The topological polar surface area (TPSA) is 32.5 Å². The molecule has 116 valence electrons. The zero-order valence-corrected chi connectivity index (χ0v) is 12.4. The van der Waals surface area contributed by atoms with Crippen molar-refractivity contribution < 1.29 is 8.78 Å². The Kier molecular flexibility index (Phi) is 4.24. The van der Waals surface area contributed by atoms with E-state index in [2.05, 4.69) is 16.8 Å². The van der Waals surface area contributed by atoms with E-state index in [1.807, 2.05) is 0 Å². The van der Waals surface area contributed by atoms with Gasteiger partial charge < -0.3 is 5.73 Å². The summed E-state index contributed by atoms with van der Waals surface area (Å²) < 4.78 is 26.6. The Hall–Kier alpha value is -1.04. The van der Waals surface area contributed by atoms with Gasteiger partial charge in [0, 0.05) is 37.8 Å². The number of halogens is 2. The first-order valence-electron chi connectivity index (χ1n) is 7.71. The number of nitrogens with zero attached hydrogens (tertiary/aromatic N) is 2. The van der Waals surface area contributed by atoms with Gasteiger partial charge in [-0.25, -0.2) is 8.78 Å². The van der Waals surface area contributed by atoms with E-state index in [1.54, 1.807) is 6.07 Å². The monoisotopic (exact) mass is 295 g/mol. The lowest BCUT2D eigenvalue weighted by molar-refractivity contribution is 0.174. The molecule has 2 N–H and O–H groups in total. The molecule has 3 rings (SSSR count). The molecule has 2 aliphatic rings. The lowest BCUT2D eigenvalue weighted by Gasteiger charge is -2.33.